The number of aromatic nitrogens is 2. The van der Waals surface area contributed by atoms with Crippen LogP contribution >= 0.6 is 0 Å². The Hall–Kier alpha value is -1.65. The lowest BCUT2D eigenvalue weighted by molar-refractivity contribution is 0.0180. The molecule has 0 aliphatic carbocycles. The van der Waals surface area contributed by atoms with Gasteiger partial charge in [0.1, 0.15) is 5.82 Å². The van der Waals surface area contributed by atoms with Gasteiger partial charge in [0.15, 0.2) is 0 Å². The van der Waals surface area contributed by atoms with Gasteiger partial charge >= 0.3 is 0 Å². The number of imidazole rings is 1. The third-order valence-electron chi connectivity index (χ3n) is 4.58. The molecule has 1 N–H and O–H groups in total. The first kappa shape index (κ1) is 15.3. The predicted molar refractivity (Wildman–Crippen MR) is 87.5 cm³/mol. The summed E-state index contributed by atoms with van der Waals surface area (Å²) < 4.78 is 2.26. The second-order valence-electron chi connectivity index (χ2n) is 6.74. The Morgan fingerprint density at radius 1 is 1.36 bits per heavy atom. The van der Waals surface area contributed by atoms with E-state index >= 15 is 0 Å². The molecule has 1 aromatic heterocycles. The van der Waals surface area contributed by atoms with Gasteiger partial charge in [-0.2, -0.15) is 0 Å². The van der Waals surface area contributed by atoms with Gasteiger partial charge in [-0.05, 0) is 31.9 Å². The van der Waals surface area contributed by atoms with Gasteiger partial charge in [0, 0.05) is 38.4 Å². The molecule has 4 heteroatoms. The first-order valence-corrected chi connectivity index (χ1v) is 8.01. The molecule has 0 unspecified atom stereocenters. The van der Waals surface area contributed by atoms with Crippen molar-refractivity contribution in [1.82, 2.24) is 14.5 Å². The number of fused-ring (bicyclic) bond motifs is 1. The maximum absolute atomic E-state index is 10.8. The van der Waals surface area contributed by atoms with Crippen molar-refractivity contribution >= 4 is 0 Å². The molecule has 2 aromatic rings. The van der Waals surface area contributed by atoms with E-state index in [4.69, 9.17) is 0 Å². The molecular formula is C18H25N3O. The van der Waals surface area contributed by atoms with Gasteiger partial charge < -0.3 is 14.6 Å². The SMILES string of the molecule is CN(C[C@H]1CCc2nccn2C1)C[C@](C)(O)c1ccccc1. The third kappa shape index (κ3) is 3.39. The molecule has 0 radical (unpaired) electrons. The molecule has 2 heterocycles. The van der Waals surface area contributed by atoms with Crippen molar-refractivity contribution in [3.63, 3.8) is 0 Å². The van der Waals surface area contributed by atoms with Crippen LogP contribution in [0.5, 0.6) is 0 Å². The van der Waals surface area contributed by atoms with E-state index in [2.05, 4.69) is 27.7 Å². The number of hydrogen-bond donors (Lipinski definition) is 1. The topological polar surface area (TPSA) is 41.3 Å². The van der Waals surface area contributed by atoms with Crippen LogP contribution in [0.2, 0.25) is 0 Å². The van der Waals surface area contributed by atoms with Crippen LogP contribution in [0.1, 0.15) is 24.7 Å². The van der Waals surface area contributed by atoms with Gasteiger partial charge in [-0.3, -0.25) is 0 Å². The summed E-state index contributed by atoms with van der Waals surface area (Å²) in [5.74, 6) is 1.83. The molecule has 2 atom stereocenters. The highest BCUT2D eigenvalue weighted by Gasteiger charge is 2.27. The first-order chi connectivity index (χ1) is 10.5. The fourth-order valence-corrected chi connectivity index (χ4v) is 3.51. The van der Waals surface area contributed by atoms with Gasteiger partial charge in [0.25, 0.3) is 0 Å². The normalized spacial score (nSPS) is 20.6. The van der Waals surface area contributed by atoms with E-state index < -0.39 is 5.60 Å². The highest BCUT2D eigenvalue weighted by atomic mass is 16.3. The monoisotopic (exact) mass is 299 g/mol. The molecule has 0 saturated carbocycles. The number of rotatable bonds is 5. The Balaban J connectivity index is 1.58. The van der Waals surface area contributed by atoms with Crippen molar-refractivity contribution in [1.29, 1.82) is 0 Å². The van der Waals surface area contributed by atoms with Gasteiger partial charge in [-0.25, -0.2) is 4.98 Å². The van der Waals surface area contributed by atoms with E-state index in [1.165, 1.54) is 12.2 Å². The predicted octanol–water partition coefficient (Wildman–Crippen LogP) is 2.29. The van der Waals surface area contributed by atoms with Crippen LogP contribution < -0.4 is 0 Å². The number of aryl methyl sites for hydroxylation is 1. The zero-order valence-corrected chi connectivity index (χ0v) is 13.4. The summed E-state index contributed by atoms with van der Waals surface area (Å²) in [6, 6.07) is 9.92. The Morgan fingerprint density at radius 2 is 2.14 bits per heavy atom. The highest BCUT2D eigenvalue weighted by Crippen LogP contribution is 2.23. The summed E-state index contributed by atoms with van der Waals surface area (Å²) in [5, 5.41) is 10.8. The number of nitrogens with zero attached hydrogens (tertiary/aromatic N) is 3. The van der Waals surface area contributed by atoms with Crippen molar-refractivity contribution in [3.05, 3.63) is 54.1 Å². The van der Waals surface area contributed by atoms with Gasteiger partial charge in [0.2, 0.25) is 0 Å². The zero-order chi connectivity index (χ0) is 15.6. The average Bonchev–Trinajstić information content (AvgIpc) is 2.95. The summed E-state index contributed by atoms with van der Waals surface area (Å²) in [5.41, 5.74) is 0.160. The van der Waals surface area contributed by atoms with Crippen molar-refractivity contribution in [3.8, 4) is 0 Å². The Kier molecular flexibility index (Phi) is 4.32. The standard InChI is InChI=1S/C18H25N3O/c1-18(22,16-6-4-3-5-7-16)14-20(2)12-15-8-9-17-19-10-11-21(17)13-15/h3-7,10-11,15,22H,8-9,12-14H2,1-2H3/t15-,18+/m1/s1. The molecule has 1 aliphatic rings. The minimum Gasteiger partial charge on any atom is -0.384 e. The molecule has 4 nitrogen and oxygen atoms in total. The molecule has 0 saturated heterocycles. The number of hydrogen-bond acceptors (Lipinski definition) is 3. The lowest BCUT2D eigenvalue weighted by atomic mass is 9.94. The average molecular weight is 299 g/mol. The summed E-state index contributed by atoms with van der Waals surface area (Å²) in [6.07, 6.45) is 6.19. The summed E-state index contributed by atoms with van der Waals surface area (Å²) in [4.78, 5) is 6.63. The minimum absolute atomic E-state index is 0.623. The molecule has 0 fully saturated rings. The fraction of sp³-hybridized carbons (Fsp3) is 0.500. The van der Waals surface area contributed by atoms with E-state index in [9.17, 15) is 5.11 Å². The van der Waals surface area contributed by atoms with Crippen LogP contribution in [0.3, 0.4) is 0 Å². The molecule has 1 aliphatic heterocycles. The lowest BCUT2D eigenvalue weighted by Crippen LogP contribution is -2.40. The largest absolute Gasteiger partial charge is 0.384 e. The molecule has 0 bridgehead atoms. The number of aliphatic hydroxyl groups is 1. The zero-order valence-electron chi connectivity index (χ0n) is 13.4. The summed E-state index contributed by atoms with van der Waals surface area (Å²) >= 11 is 0. The summed E-state index contributed by atoms with van der Waals surface area (Å²) in [7, 11) is 2.10. The molecule has 0 spiro atoms. The van der Waals surface area contributed by atoms with Gasteiger partial charge in [-0.1, -0.05) is 30.3 Å². The van der Waals surface area contributed by atoms with E-state index in [1.54, 1.807) is 0 Å². The quantitative estimate of drug-likeness (QED) is 0.921. The van der Waals surface area contributed by atoms with Gasteiger partial charge in [0.05, 0.1) is 5.60 Å². The van der Waals surface area contributed by atoms with Crippen LogP contribution in [0.25, 0.3) is 0 Å². The summed E-state index contributed by atoms with van der Waals surface area (Å²) in [6.45, 7) is 4.58. The van der Waals surface area contributed by atoms with Crippen LogP contribution in [-0.2, 0) is 18.6 Å². The van der Waals surface area contributed by atoms with E-state index in [0.717, 1.165) is 25.1 Å². The Bertz CT molecular complexity index is 606. The van der Waals surface area contributed by atoms with Crippen molar-refractivity contribution in [2.75, 3.05) is 20.1 Å². The van der Waals surface area contributed by atoms with Crippen LogP contribution in [-0.4, -0.2) is 39.7 Å². The molecule has 3 rings (SSSR count). The number of benzene rings is 1. The maximum Gasteiger partial charge on any atom is 0.108 e. The molecule has 118 valence electrons. The highest BCUT2D eigenvalue weighted by molar-refractivity contribution is 5.21. The Morgan fingerprint density at radius 3 is 2.91 bits per heavy atom. The van der Waals surface area contributed by atoms with Crippen molar-refractivity contribution < 1.29 is 5.11 Å². The maximum atomic E-state index is 10.8. The fourth-order valence-electron chi connectivity index (χ4n) is 3.51. The molecule has 0 amide bonds. The smallest absolute Gasteiger partial charge is 0.108 e. The molecule has 1 aromatic carbocycles. The number of likely N-dealkylation sites (N-methyl/N-ethyl adjacent to an activating group) is 1. The molecule has 22 heavy (non-hydrogen) atoms. The van der Waals surface area contributed by atoms with E-state index in [0.29, 0.717) is 12.5 Å². The van der Waals surface area contributed by atoms with Crippen molar-refractivity contribution in [2.45, 2.75) is 31.9 Å². The van der Waals surface area contributed by atoms with Crippen LogP contribution in [0.15, 0.2) is 42.7 Å². The molecular weight excluding hydrogens is 274 g/mol. The van der Waals surface area contributed by atoms with Gasteiger partial charge in [-0.15, -0.1) is 0 Å². The van der Waals surface area contributed by atoms with Crippen LogP contribution in [0, 0.1) is 5.92 Å². The van der Waals surface area contributed by atoms with E-state index in [1.807, 2.05) is 43.5 Å². The Labute approximate surface area is 132 Å². The second-order valence-corrected chi connectivity index (χ2v) is 6.74. The first-order valence-electron chi connectivity index (χ1n) is 8.01. The van der Waals surface area contributed by atoms with Crippen molar-refractivity contribution in [2.24, 2.45) is 5.92 Å². The second kappa shape index (κ2) is 6.23. The minimum atomic E-state index is -0.815. The third-order valence-corrected chi connectivity index (χ3v) is 4.58. The van der Waals surface area contributed by atoms with E-state index in [-0.39, 0.29) is 0 Å². The lowest BCUT2D eigenvalue weighted by Gasteiger charge is -2.33. The van der Waals surface area contributed by atoms with Crippen LogP contribution in [0.4, 0.5) is 0 Å².